The normalized spacial score (nSPS) is 16.9. The van der Waals surface area contributed by atoms with E-state index in [1.165, 1.54) is 0 Å². The van der Waals surface area contributed by atoms with E-state index in [-0.39, 0.29) is 11.7 Å². The third-order valence-corrected chi connectivity index (χ3v) is 5.28. The molecule has 7 nitrogen and oxygen atoms in total. The Morgan fingerprint density at radius 2 is 1.79 bits per heavy atom. The molecule has 0 bridgehead atoms. The maximum Gasteiger partial charge on any atom is 0.183 e. The zero-order chi connectivity index (χ0) is 20.8. The molecule has 1 aromatic heterocycles. The van der Waals surface area contributed by atoms with Gasteiger partial charge in [0.2, 0.25) is 0 Å². The van der Waals surface area contributed by atoms with Crippen LogP contribution in [0.5, 0.6) is 23.0 Å². The standard InChI is InChI=1S/C22H28N2O5/c1-26-18-8-7-15(12-20(18)28-3)21(25)16-6-5-11-24(13-16)14-17-22(29-4)19(27-2)9-10-23-17/h7-10,12,16H,5-6,11,13-14H2,1-4H3/t16-/m0/s1. The van der Waals surface area contributed by atoms with Gasteiger partial charge < -0.3 is 18.9 Å². The Morgan fingerprint density at radius 3 is 2.48 bits per heavy atom. The van der Waals surface area contributed by atoms with Crippen LogP contribution in [-0.2, 0) is 6.54 Å². The summed E-state index contributed by atoms with van der Waals surface area (Å²) in [5.41, 5.74) is 1.46. The maximum absolute atomic E-state index is 13.1. The monoisotopic (exact) mass is 400 g/mol. The predicted molar refractivity (Wildman–Crippen MR) is 109 cm³/mol. The van der Waals surface area contributed by atoms with Crippen molar-refractivity contribution < 1.29 is 23.7 Å². The lowest BCUT2D eigenvalue weighted by Crippen LogP contribution is -2.38. The molecule has 0 radical (unpaired) electrons. The molecular formula is C22H28N2O5. The molecule has 156 valence electrons. The van der Waals surface area contributed by atoms with Gasteiger partial charge in [0.25, 0.3) is 0 Å². The van der Waals surface area contributed by atoms with E-state index in [0.717, 1.165) is 25.1 Å². The van der Waals surface area contributed by atoms with Crippen LogP contribution in [0.4, 0.5) is 0 Å². The molecule has 0 N–H and O–H groups in total. The number of carbonyl (C=O) groups excluding carboxylic acids is 1. The first-order chi connectivity index (χ1) is 14.1. The molecule has 1 saturated heterocycles. The van der Waals surface area contributed by atoms with Crippen molar-refractivity contribution in [2.24, 2.45) is 5.92 Å². The minimum atomic E-state index is -0.0709. The highest BCUT2D eigenvalue weighted by Gasteiger charge is 2.28. The quantitative estimate of drug-likeness (QED) is 0.630. The number of nitrogens with zero attached hydrogens (tertiary/aromatic N) is 2. The van der Waals surface area contributed by atoms with Crippen LogP contribution in [0.15, 0.2) is 30.5 Å². The van der Waals surface area contributed by atoms with Crippen LogP contribution < -0.4 is 18.9 Å². The molecule has 0 amide bonds. The fourth-order valence-electron chi connectivity index (χ4n) is 3.81. The van der Waals surface area contributed by atoms with Crippen molar-refractivity contribution in [2.75, 3.05) is 41.5 Å². The lowest BCUT2D eigenvalue weighted by molar-refractivity contribution is 0.0808. The highest BCUT2D eigenvalue weighted by atomic mass is 16.5. The SMILES string of the molecule is COc1ccc(C(=O)[C@H]2CCCN(Cc3nccc(OC)c3OC)C2)cc1OC. The number of methoxy groups -OCH3 is 4. The number of pyridine rings is 1. The number of ketones is 1. The molecule has 29 heavy (non-hydrogen) atoms. The van der Waals surface area contributed by atoms with Crippen LogP contribution in [0.25, 0.3) is 0 Å². The molecular weight excluding hydrogens is 372 g/mol. The van der Waals surface area contributed by atoms with Crippen LogP contribution in [0, 0.1) is 5.92 Å². The average Bonchev–Trinajstić information content (AvgIpc) is 2.78. The van der Waals surface area contributed by atoms with Crippen molar-refractivity contribution in [3.05, 3.63) is 41.7 Å². The first-order valence-corrected chi connectivity index (χ1v) is 9.65. The number of piperidine rings is 1. The summed E-state index contributed by atoms with van der Waals surface area (Å²) in [6.45, 7) is 2.20. The molecule has 0 spiro atoms. The summed E-state index contributed by atoms with van der Waals surface area (Å²) >= 11 is 0. The van der Waals surface area contributed by atoms with Gasteiger partial charge in [-0.05, 0) is 37.6 Å². The largest absolute Gasteiger partial charge is 0.493 e. The molecule has 1 aliphatic rings. The van der Waals surface area contributed by atoms with Crippen LogP contribution in [0.1, 0.15) is 28.9 Å². The van der Waals surface area contributed by atoms with Gasteiger partial charge in [-0.1, -0.05) is 0 Å². The number of Topliss-reactive ketones (excluding diaryl/α,β-unsaturated/α-hetero) is 1. The summed E-state index contributed by atoms with van der Waals surface area (Å²) in [6, 6.07) is 7.11. The third-order valence-electron chi connectivity index (χ3n) is 5.28. The highest BCUT2D eigenvalue weighted by molar-refractivity contribution is 5.98. The van der Waals surface area contributed by atoms with E-state index in [2.05, 4.69) is 9.88 Å². The van der Waals surface area contributed by atoms with Gasteiger partial charge in [0, 0.05) is 36.8 Å². The fourth-order valence-corrected chi connectivity index (χ4v) is 3.81. The number of benzene rings is 1. The molecule has 0 unspecified atom stereocenters. The number of ether oxygens (including phenoxy) is 4. The molecule has 3 rings (SSSR count). The van der Waals surface area contributed by atoms with Crippen LogP contribution >= 0.6 is 0 Å². The minimum absolute atomic E-state index is 0.0709. The Labute approximate surface area is 171 Å². The predicted octanol–water partition coefficient (Wildman–Crippen LogP) is 3.21. The fraction of sp³-hybridized carbons (Fsp3) is 0.455. The zero-order valence-corrected chi connectivity index (χ0v) is 17.4. The second-order valence-electron chi connectivity index (χ2n) is 7.00. The zero-order valence-electron chi connectivity index (χ0n) is 17.4. The summed E-state index contributed by atoms with van der Waals surface area (Å²) in [7, 11) is 6.38. The minimum Gasteiger partial charge on any atom is -0.493 e. The summed E-state index contributed by atoms with van der Waals surface area (Å²) in [5.74, 6) is 2.54. The van der Waals surface area contributed by atoms with Gasteiger partial charge in [-0.15, -0.1) is 0 Å². The van der Waals surface area contributed by atoms with Crippen LogP contribution in [0.3, 0.4) is 0 Å². The second-order valence-corrected chi connectivity index (χ2v) is 7.00. The van der Waals surface area contributed by atoms with E-state index in [4.69, 9.17) is 18.9 Å². The molecule has 7 heteroatoms. The van der Waals surface area contributed by atoms with Gasteiger partial charge in [-0.25, -0.2) is 0 Å². The number of hydrogen-bond donors (Lipinski definition) is 0. The van der Waals surface area contributed by atoms with Crippen molar-refractivity contribution in [3.63, 3.8) is 0 Å². The molecule has 2 heterocycles. The smallest absolute Gasteiger partial charge is 0.183 e. The third kappa shape index (κ3) is 4.62. The lowest BCUT2D eigenvalue weighted by atomic mass is 9.89. The van der Waals surface area contributed by atoms with Crippen LogP contribution in [-0.4, -0.2) is 57.2 Å². The van der Waals surface area contributed by atoms with Crippen molar-refractivity contribution in [3.8, 4) is 23.0 Å². The van der Waals surface area contributed by atoms with E-state index in [0.29, 0.717) is 41.7 Å². The topological polar surface area (TPSA) is 70.1 Å². The molecule has 1 aliphatic heterocycles. The van der Waals surface area contributed by atoms with E-state index < -0.39 is 0 Å². The van der Waals surface area contributed by atoms with E-state index in [9.17, 15) is 4.79 Å². The Morgan fingerprint density at radius 1 is 1.03 bits per heavy atom. The molecule has 1 aromatic carbocycles. The molecule has 0 saturated carbocycles. The van der Waals surface area contributed by atoms with Gasteiger partial charge in [0.05, 0.1) is 28.4 Å². The van der Waals surface area contributed by atoms with Crippen molar-refractivity contribution >= 4 is 5.78 Å². The number of aromatic nitrogens is 1. The van der Waals surface area contributed by atoms with Crippen molar-refractivity contribution in [1.82, 2.24) is 9.88 Å². The van der Waals surface area contributed by atoms with Gasteiger partial charge >= 0.3 is 0 Å². The molecule has 1 fully saturated rings. The Hall–Kier alpha value is -2.80. The summed E-state index contributed by atoms with van der Waals surface area (Å²) in [5, 5.41) is 0. The average molecular weight is 400 g/mol. The van der Waals surface area contributed by atoms with Gasteiger partial charge in [-0.3, -0.25) is 14.7 Å². The number of carbonyl (C=O) groups is 1. The van der Waals surface area contributed by atoms with E-state index in [1.54, 1.807) is 58.9 Å². The summed E-state index contributed by atoms with van der Waals surface area (Å²) < 4.78 is 21.5. The number of rotatable bonds is 8. The van der Waals surface area contributed by atoms with Crippen LogP contribution in [0.2, 0.25) is 0 Å². The lowest BCUT2D eigenvalue weighted by Gasteiger charge is -2.32. The van der Waals surface area contributed by atoms with Crippen molar-refractivity contribution in [2.45, 2.75) is 19.4 Å². The Balaban J connectivity index is 1.73. The number of likely N-dealkylation sites (tertiary alicyclic amines) is 1. The van der Waals surface area contributed by atoms with Gasteiger partial charge in [0.1, 0.15) is 5.69 Å². The number of hydrogen-bond acceptors (Lipinski definition) is 7. The van der Waals surface area contributed by atoms with E-state index in [1.807, 2.05) is 0 Å². The Kier molecular flexibility index (Phi) is 6.93. The van der Waals surface area contributed by atoms with Gasteiger partial charge in [0.15, 0.2) is 28.8 Å². The Bertz CT molecular complexity index is 855. The second kappa shape index (κ2) is 9.60. The molecule has 0 aliphatic carbocycles. The maximum atomic E-state index is 13.1. The highest BCUT2D eigenvalue weighted by Crippen LogP contribution is 2.32. The first kappa shape index (κ1) is 20.9. The van der Waals surface area contributed by atoms with E-state index >= 15 is 0 Å². The summed E-state index contributed by atoms with van der Waals surface area (Å²) in [4.78, 5) is 19.8. The van der Waals surface area contributed by atoms with Crippen molar-refractivity contribution in [1.29, 1.82) is 0 Å². The van der Waals surface area contributed by atoms with Gasteiger partial charge in [-0.2, -0.15) is 0 Å². The first-order valence-electron chi connectivity index (χ1n) is 9.65. The molecule has 2 aromatic rings. The molecule has 1 atom stereocenters. The summed E-state index contributed by atoms with van der Waals surface area (Å²) in [6.07, 6.45) is 3.54.